The monoisotopic (exact) mass is 246 g/mol. The lowest BCUT2D eigenvalue weighted by Gasteiger charge is -2.29. The molecule has 0 saturated carbocycles. The molecule has 1 unspecified atom stereocenters. The fourth-order valence-electron chi connectivity index (χ4n) is 1.42. The van der Waals surface area contributed by atoms with E-state index in [2.05, 4.69) is 20.9 Å². The summed E-state index contributed by atoms with van der Waals surface area (Å²) in [6.45, 7) is 1.68. The minimum absolute atomic E-state index is 0.0694. The number of hydroxylamine groups is 2. The number of nitrogens with one attached hydrogen (secondary N) is 1. The highest BCUT2D eigenvalue weighted by Crippen LogP contribution is 2.22. The fraction of sp³-hybridized carbons (Fsp3) is 0.500. The van der Waals surface area contributed by atoms with Gasteiger partial charge in [0.2, 0.25) is 0 Å². The first-order chi connectivity index (χ1) is 6.27. The molecule has 1 atom stereocenters. The largest absolute Gasteiger partial charge is 0.378 e. The zero-order valence-electron chi connectivity index (χ0n) is 7.03. The first-order valence-corrected chi connectivity index (χ1v) is 4.94. The van der Waals surface area contributed by atoms with Gasteiger partial charge in [0.05, 0.1) is 23.9 Å². The van der Waals surface area contributed by atoms with Gasteiger partial charge >= 0.3 is 0 Å². The lowest BCUT2D eigenvalue weighted by molar-refractivity contribution is -0.184. The summed E-state index contributed by atoms with van der Waals surface area (Å²) < 4.78 is 6.20. The van der Waals surface area contributed by atoms with E-state index in [1.54, 1.807) is 0 Å². The fourth-order valence-corrected chi connectivity index (χ4v) is 1.78. The van der Waals surface area contributed by atoms with Crippen LogP contribution in [0, 0.1) is 0 Å². The van der Waals surface area contributed by atoms with Crippen LogP contribution in [-0.4, -0.2) is 35.0 Å². The molecule has 2 N–H and O–H groups in total. The van der Waals surface area contributed by atoms with Gasteiger partial charge in [-0.15, -0.1) is 0 Å². The maximum atomic E-state index is 9.55. The summed E-state index contributed by atoms with van der Waals surface area (Å²) in [4.78, 5) is 3.11. The van der Waals surface area contributed by atoms with Crippen molar-refractivity contribution in [3.8, 4) is 0 Å². The number of aromatic amines is 1. The lowest BCUT2D eigenvalue weighted by atomic mass is 10.2. The molecule has 0 radical (unpaired) electrons. The van der Waals surface area contributed by atoms with E-state index in [0.29, 0.717) is 19.8 Å². The van der Waals surface area contributed by atoms with Crippen molar-refractivity contribution >= 4 is 15.9 Å². The van der Waals surface area contributed by atoms with E-state index in [0.717, 1.165) is 10.3 Å². The normalized spacial score (nSPS) is 24.9. The van der Waals surface area contributed by atoms with Crippen molar-refractivity contribution in [3.63, 3.8) is 0 Å². The standard InChI is InChI=1S/C8H11BrN2O2/c9-8-2-1-6(10-8)7-5-13-4-3-11(7)12/h1-2,7,10,12H,3-5H2. The molecule has 1 fully saturated rings. The molecule has 0 amide bonds. The average Bonchev–Trinajstić information content (AvgIpc) is 2.53. The highest BCUT2D eigenvalue weighted by Gasteiger charge is 2.23. The molecule has 1 aromatic heterocycles. The van der Waals surface area contributed by atoms with Gasteiger partial charge in [0.15, 0.2) is 0 Å². The molecule has 2 rings (SSSR count). The molecule has 0 aromatic carbocycles. The minimum Gasteiger partial charge on any atom is -0.378 e. The van der Waals surface area contributed by atoms with Crippen molar-refractivity contribution in [2.75, 3.05) is 19.8 Å². The average molecular weight is 247 g/mol. The Balaban J connectivity index is 2.14. The molecule has 0 spiro atoms. The van der Waals surface area contributed by atoms with E-state index < -0.39 is 0 Å². The van der Waals surface area contributed by atoms with Gasteiger partial charge in [-0.1, -0.05) is 0 Å². The van der Waals surface area contributed by atoms with Crippen LogP contribution in [0.5, 0.6) is 0 Å². The predicted molar refractivity (Wildman–Crippen MR) is 50.5 cm³/mol. The number of ether oxygens (including phenoxy) is 1. The molecule has 13 heavy (non-hydrogen) atoms. The van der Waals surface area contributed by atoms with Crippen molar-refractivity contribution in [2.45, 2.75) is 6.04 Å². The second-order valence-electron chi connectivity index (χ2n) is 3.02. The first-order valence-electron chi connectivity index (χ1n) is 4.15. The Hall–Kier alpha value is -0.360. The van der Waals surface area contributed by atoms with E-state index in [4.69, 9.17) is 4.74 Å². The molecule has 72 valence electrons. The van der Waals surface area contributed by atoms with Gasteiger partial charge in [-0.2, -0.15) is 5.06 Å². The third-order valence-corrected chi connectivity index (χ3v) is 2.59. The van der Waals surface area contributed by atoms with Crippen molar-refractivity contribution < 1.29 is 9.94 Å². The first kappa shape index (κ1) is 9.21. The van der Waals surface area contributed by atoms with Crippen LogP contribution in [0.3, 0.4) is 0 Å². The summed E-state index contributed by atoms with van der Waals surface area (Å²) in [5.41, 5.74) is 0.967. The predicted octanol–water partition coefficient (Wildman–Crippen LogP) is 1.54. The van der Waals surface area contributed by atoms with E-state index in [1.807, 2.05) is 12.1 Å². The van der Waals surface area contributed by atoms with Crippen LogP contribution in [0.1, 0.15) is 11.7 Å². The number of hydrogen-bond acceptors (Lipinski definition) is 3. The SMILES string of the molecule is ON1CCOCC1c1ccc(Br)[nH]1. The molecule has 4 nitrogen and oxygen atoms in total. The molecule has 1 aromatic rings. The number of aromatic nitrogens is 1. The van der Waals surface area contributed by atoms with E-state index in [-0.39, 0.29) is 6.04 Å². The number of nitrogens with zero attached hydrogens (tertiary/aromatic N) is 1. The van der Waals surface area contributed by atoms with Crippen molar-refractivity contribution in [1.29, 1.82) is 0 Å². The minimum atomic E-state index is -0.0694. The van der Waals surface area contributed by atoms with Crippen LogP contribution >= 0.6 is 15.9 Å². The molecule has 1 aliphatic rings. The molecule has 2 heterocycles. The van der Waals surface area contributed by atoms with Gasteiger partial charge in [0, 0.05) is 12.2 Å². The van der Waals surface area contributed by atoms with Crippen molar-refractivity contribution in [3.05, 3.63) is 22.4 Å². The summed E-state index contributed by atoms with van der Waals surface area (Å²) in [6, 6.07) is 3.78. The van der Waals surface area contributed by atoms with Gasteiger partial charge in [0.25, 0.3) is 0 Å². The molecule has 1 saturated heterocycles. The van der Waals surface area contributed by atoms with Crippen LogP contribution in [-0.2, 0) is 4.74 Å². The zero-order chi connectivity index (χ0) is 9.26. The number of hydrogen-bond donors (Lipinski definition) is 2. The Morgan fingerprint density at radius 2 is 2.46 bits per heavy atom. The molecule has 0 aliphatic carbocycles. The summed E-state index contributed by atoms with van der Waals surface area (Å²) in [6.07, 6.45) is 0. The highest BCUT2D eigenvalue weighted by atomic mass is 79.9. The van der Waals surface area contributed by atoms with Crippen LogP contribution in [0.15, 0.2) is 16.7 Å². The number of halogens is 1. The Bertz CT molecular complexity index is 289. The molecule has 5 heteroatoms. The van der Waals surface area contributed by atoms with E-state index in [1.165, 1.54) is 5.06 Å². The van der Waals surface area contributed by atoms with Gasteiger partial charge in [-0.3, -0.25) is 0 Å². The summed E-state index contributed by atoms with van der Waals surface area (Å²) in [7, 11) is 0. The molecule has 1 aliphatic heterocycles. The highest BCUT2D eigenvalue weighted by molar-refractivity contribution is 9.10. The topological polar surface area (TPSA) is 48.5 Å². The number of H-pyrrole nitrogens is 1. The quantitative estimate of drug-likeness (QED) is 0.791. The van der Waals surface area contributed by atoms with Crippen LogP contribution in [0.4, 0.5) is 0 Å². The molecule has 0 bridgehead atoms. The summed E-state index contributed by atoms with van der Waals surface area (Å²) in [5, 5.41) is 10.9. The Morgan fingerprint density at radius 1 is 1.62 bits per heavy atom. The maximum absolute atomic E-state index is 9.55. The Kier molecular flexibility index (Phi) is 2.69. The third-order valence-electron chi connectivity index (χ3n) is 2.13. The Labute approximate surface area is 84.6 Å². The van der Waals surface area contributed by atoms with E-state index in [9.17, 15) is 5.21 Å². The number of morpholine rings is 1. The van der Waals surface area contributed by atoms with Crippen molar-refractivity contribution in [1.82, 2.24) is 10.0 Å². The van der Waals surface area contributed by atoms with Crippen LogP contribution in [0.2, 0.25) is 0 Å². The molecular weight excluding hydrogens is 236 g/mol. The second-order valence-corrected chi connectivity index (χ2v) is 3.87. The smallest absolute Gasteiger partial charge is 0.0983 e. The van der Waals surface area contributed by atoms with E-state index >= 15 is 0 Å². The second kappa shape index (κ2) is 3.79. The molecular formula is C8H11BrN2O2. The van der Waals surface area contributed by atoms with Crippen LogP contribution in [0.25, 0.3) is 0 Å². The van der Waals surface area contributed by atoms with Crippen LogP contribution < -0.4 is 0 Å². The maximum Gasteiger partial charge on any atom is 0.0983 e. The van der Waals surface area contributed by atoms with Gasteiger partial charge < -0.3 is 14.9 Å². The third kappa shape index (κ3) is 1.94. The lowest BCUT2D eigenvalue weighted by Crippen LogP contribution is -2.37. The number of rotatable bonds is 1. The van der Waals surface area contributed by atoms with Gasteiger partial charge in [-0.25, -0.2) is 0 Å². The summed E-state index contributed by atoms with van der Waals surface area (Å²) in [5.74, 6) is 0. The summed E-state index contributed by atoms with van der Waals surface area (Å²) >= 11 is 3.32. The zero-order valence-corrected chi connectivity index (χ0v) is 8.62. The van der Waals surface area contributed by atoms with Crippen molar-refractivity contribution in [2.24, 2.45) is 0 Å². The Morgan fingerprint density at radius 3 is 3.08 bits per heavy atom. The van der Waals surface area contributed by atoms with Gasteiger partial charge in [0.1, 0.15) is 0 Å². The van der Waals surface area contributed by atoms with Gasteiger partial charge in [-0.05, 0) is 28.1 Å².